The van der Waals surface area contributed by atoms with Crippen molar-refractivity contribution in [3.8, 4) is 5.88 Å². The summed E-state index contributed by atoms with van der Waals surface area (Å²) in [4.78, 5) is 7.08. The number of hydrogen-bond donors (Lipinski definition) is 1. The van der Waals surface area contributed by atoms with Gasteiger partial charge in [0, 0.05) is 30.3 Å². The van der Waals surface area contributed by atoms with Gasteiger partial charge in [0.2, 0.25) is 5.88 Å². The molecule has 6 nitrogen and oxygen atoms in total. The number of likely N-dealkylation sites (tertiary alicyclic amines) is 1. The van der Waals surface area contributed by atoms with Crippen LogP contribution in [0.2, 0.25) is 0 Å². The summed E-state index contributed by atoms with van der Waals surface area (Å²) < 4.78 is 16.1. The van der Waals surface area contributed by atoms with Gasteiger partial charge >= 0.3 is 0 Å². The number of nitrogens with zero attached hydrogens (tertiary/aromatic N) is 2. The highest BCUT2D eigenvalue weighted by Gasteiger charge is 2.52. The monoisotopic (exact) mass is 451 g/mol. The van der Waals surface area contributed by atoms with Crippen LogP contribution in [-0.4, -0.2) is 63.1 Å². The van der Waals surface area contributed by atoms with Gasteiger partial charge < -0.3 is 24.4 Å². The van der Waals surface area contributed by atoms with E-state index in [4.69, 9.17) is 14.2 Å². The highest BCUT2D eigenvalue weighted by molar-refractivity contribution is 5.62. The molecule has 1 aromatic heterocycles. The van der Waals surface area contributed by atoms with E-state index in [1.807, 2.05) is 18.3 Å². The molecule has 6 heteroatoms. The van der Waals surface area contributed by atoms with Gasteiger partial charge in [-0.2, -0.15) is 0 Å². The molecule has 0 spiro atoms. The highest BCUT2D eigenvalue weighted by Crippen LogP contribution is 2.55. The molecule has 1 N–H and O–H groups in total. The molecule has 1 saturated carbocycles. The number of ether oxygens (including phenoxy) is 3. The molecule has 2 aliphatic carbocycles. The Balaban J connectivity index is 1.26. The van der Waals surface area contributed by atoms with Crippen molar-refractivity contribution in [3.05, 3.63) is 47.7 Å². The molecule has 0 unspecified atom stereocenters. The zero-order valence-corrected chi connectivity index (χ0v) is 20.0. The van der Waals surface area contributed by atoms with Gasteiger partial charge in [-0.1, -0.05) is 18.9 Å². The standard InChI is InChI=1S/C27H37N3O3/c1-30-12-11-27-10-4-3-5-23(27)25(30)17-20-6-7-21(18-24(20)27)29-22-8-9-26(28-19-22)33-16-15-32-14-13-31-2/h6-9,18-19,23,25,29H,3-5,10-17H2,1-2H3/t23-,25+,27+/m0/s1. The first-order valence-electron chi connectivity index (χ1n) is 12.5. The van der Waals surface area contributed by atoms with Crippen molar-refractivity contribution in [1.82, 2.24) is 9.88 Å². The van der Waals surface area contributed by atoms with Gasteiger partial charge in [0.25, 0.3) is 0 Å². The van der Waals surface area contributed by atoms with E-state index >= 15 is 0 Å². The quantitative estimate of drug-likeness (QED) is 0.565. The number of methoxy groups -OCH3 is 1. The summed E-state index contributed by atoms with van der Waals surface area (Å²) in [5.41, 5.74) is 5.69. The summed E-state index contributed by atoms with van der Waals surface area (Å²) in [7, 11) is 4.00. The van der Waals surface area contributed by atoms with E-state index in [1.54, 1.807) is 18.2 Å². The second kappa shape index (κ2) is 10.00. The third-order valence-electron chi connectivity index (χ3n) is 8.05. The Labute approximate surface area is 197 Å². The molecule has 3 atom stereocenters. The van der Waals surface area contributed by atoms with E-state index in [2.05, 4.69) is 40.4 Å². The largest absolute Gasteiger partial charge is 0.475 e. The number of benzene rings is 1. The molecule has 33 heavy (non-hydrogen) atoms. The molecule has 2 aromatic rings. The van der Waals surface area contributed by atoms with E-state index in [0.717, 1.165) is 17.3 Å². The number of fused-ring (bicyclic) bond motifs is 1. The van der Waals surface area contributed by atoms with E-state index < -0.39 is 0 Å². The van der Waals surface area contributed by atoms with Gasteiger partial charge in [0.15, 0.2) is 0 Å². The molecular weight excluding hydrogens is 414 g/mol. The third-order valence-corrected chi connectivity index (χ3v) is 8.05. The van der Waals surface area contributed by atoms with Crippen molar-refractivity contribution < 1.29 is 14.2 Å². The minimum absolute atomic E-state index is 0.377. The Hall–Kier alpha value is -2.15. The topological polar surface area (TPSA) is 55.9 Å². The van der Waals surface area contributed by atoms with Crippen LogP contribution in [-0.2, 0) is 21.3 Å². The van der Waals surface area contributed by atoms with Crippen molar-refractivity contribution in [3.63, 3.8) is 0 Å². The zero-order valence-electron chi connectivity index (χ0n) is 20.0. The molecule has 1 aliphatic heterocycles. The van der Waals surface area contributed by atoms with E-state index in [9.17, 15) is 0 Å². The van der Waals surface area contributed by atoms with Crippen molar-refractivity contribution in [2.45, 2.75) is 50.0 Å². The fraction of sp³-hybridized carbons (Fsp3) is 0.593. The SMILES string of the molecule is COCCOCCOc1ccc(Nc2ccc3c(c2)[C@@]24CCCC[C@H]2[C@@H](C3)N(C)CC4)cn1. The first-order chi connectivity index (χ1) is 16.2. The van der Waals surface area contributed by atoms with Crippen LogP contribution < -0.4 is 10.1 Å². The lowest BCUT2D eigenvalue weighted by Gasteiger charge is -2.58. The maximum Gasteiger partial charge on any atom is 0.213 e. The fourth-order valence-electron chi connectivity index (χ4n) is 6.43. The molecular formula is C27H37N3O3. The molecule has 5 rings (SSSR count). The Morgan fingerprint density at radius 1 is 1.06 bits per heavy atom. The molecule has 2 bridgehead atoms. The maximum absolute atomic E-state index is 5.67. The maximum atomic E-state index is 5.67. The van der Waals surface area contributed by atoms with Crippen LogP contribution in [0.4, 0.5) is 11.4 Å². The van der Waals surface area contributed by atoms with Crippen LogP contribution in [0.1, 0.15) is 43.2 Å². The number of rotatable bonds is 9. The summed E-state index contributed by atoms with van der Waals surface area (Å²) >= 11 is 0. The Morgan fingerprint density at radius 2 is 1.94 bits per heavy atom. The van der Waals surface area contributed by atoms with Crippen LogP contribution in [0.3, 0.4) is 0 Å². The Kier molecular flexibility index (Phi) is 6.86. The van der Waals surface area contributed by atoms with Crippen LogP contribution in [0, 0.1) is 5.92 Å². The van der Waals surface area contributed by atoms with Gasteiger partial charge in [0.05, 0.1) is 31.7 Å². The summed E-state index contributed by atoms with van der Waals surface area (Å²) in [6.45, 7) is 3.41. The fourth-order valence-corrected chi connectivity index (χ4v) is 6.43. The number of anilines is 2. The number of hydrogen-bond acceptors (Lipinski definition) is 6. The molecule has 1 aromatic carbocycles. The van der Waals surface area contributed by atoms with E-state index in [0.29, 0.717) is 43.8 Å². The minimum Gasteiger partial charge on any atom is -0.475 e. The second-order valence-electron chi connectivity index (χ2n) is 9.85. The molecule has 178 valence electrons. The van der Waals surface area contributed by atoms with Crippen LogP contribution in [0.25, 0.3) is 0 Å². The number of aromatic nitrogens is 1. The number of pyridine rings is 1. The van der Waals surface area contributed by atoms with Gasteiger partial charge in [-0.25, -0.2) is 4.98 Å². The van der Waals surface area contributed by atoms with Crippen LogP contribution in [0.15, 0.2) is 36.5 Å². The first kappa shape index (κ1) is 22.6. The number of nitrogens with one attached hydrogen (secondary N) is 1. The number of likely N-dealkylation sites (N-methyl/N-ethyl adjacent to an activating group) is 1. The molecule has 1 saturated heterocycles. The third kappa shape index (κ3) is 4.61. The zero-order chi connectivity index (χ0) is 22.7. The Bertz CT molecular complexity index is 935. The van der Waals surface area contributed by atoms with Gasteiger partial charge in [0.1, 0.15) is 6.61 Å². The summed E-state index contributed by atoms with van der Waals surface area (Å²) in [6.07, 6.45) is 9.82. The highest BCUT2D eigenvalue weighted by atomic mass is 16.5. The summed E-state index contributed by atoms with van der Waals surface area (Å²) in [5.74, 6) is 1.42. The lowest BCUT2D eigenvalue weighted by atomic mass is 9.52. The van der Waals surface area contributed by atoms with Crippen molar-refractivity contribution in [2.75, 3.05) is 52.4 Å². The van der Waals surface area contributed by atoms with Gasteiger partial charge in [-0.3, -0.25) is 0 Å². The molecule has 2 fully saturated rings. The van der Waals surface area contributed by atoms with Gasteiger partial charge in [-0.15, -0.1) is 0 Å². The molecule has 2 heterocycles. The second-order valence-corrected chi connectivity index (χ2v) is 9.85. The predicted molar refractivity (Wildman–Crippen MR) is 131 cm³/mol. The summed E-state index contributed by atoms with van der Waals surface area (Å²) in [5, 5.41) is 3.58. The number of piperidine rings is 1. The normalized spacial score (nSPS) is 26.4. The summed E-state index contributed by atoms with van der Waals surface area (Å²) in [6, 6.07) is 11.7. The molecule has 0 radical (unpaired) electrons. The smallest absolute Gasteiger partial charge is 0.213 e. The van der Waals surface area contributed by atoms with Crippen molar-refractivity contribution in [1.29, 1.82) is 0 Å². The lowest BCUT2D eigenvalue weighted by molar-refractivity contribution is 0.00290. The average molecular weight is 452 g/mol. The van der Waals surface area contributed by atoms with Gasteiger partial charge in [-0.05, 0) is 74.5 Å². The minimum atomic E-state index is 0.377. The van der Waals surface area contributed by atoms with Crippen molar-refractivity contribution in [2.24, 2.45) is 5.92 Å². The van der Waals surface area contributed by atoms with Crippen molar-refractivity contribution >= 4 is 11.4 Å². The lowest BCUT2D eigenvalue weighted by Crippen LogP contribution is -2.59. The van der Waals surface area contributed by atoms with Crippen LogP contribution >= 0.6 is 0 Å². The predicted octanol–water partition coefficient (Wildman–Crippen LogP) is 4.56. The van der Waals surface area contributed by atoms with Crippen LogP contribution in [0.5, 0.6) is 5.88 Å². The first-order valence-corrected chi connectivity index (χ1v) is 12.5. The molecule has 0 amide bonds. The average Bonchev–Trinajstić information content (AvgIpc) is 2.85. The van der Waals surface area contributed by atoms with E-state index in [1.165, 1.54) is 45.1 Å². The molecule has 3 aliphatic rings. The van der Waals surface area contributed by atoms with E-state index in [-0.39, 0.29) is 0 Å². The Morgan fingerprint density at radius 3 is 2.79 bits per heavy atom.